The number of hydrogen-bond acceptors (Lipinski definition) is 5. The Morgan fingerprint density at radius 2 is 2.15 bits per heavy atom. The van der Waals surface area contributed by atoms with E-state index in [1.54, 1.807) is 12.5 Å². The van der Waals surface area contributed by atoms with Gasteiger partial charge in [0, 0.05) is 30.8 Å². The Labute approximate surface area is 151 Å². The van der Waals surface area contributed by atoms with Crippen molar-refractivity contribution in [3.8, 4) is 0 Å². The number of amides is 1. The van der Waals surface area contributed by atoms with E-state index >= 15 is 0 Å². The van der Waals surface area contributed by atoms with Gasteiger partial charge in [-0.3, -0.25) is 14.8 Å². The van der Waals surface area contributed by atoms with Crippen LogP contribution in [0, 0.1) is 6.92 Å². The molecule has 0 spiro atoms. The lowest BCUT2D eigenvalue weighted by Gasteiger charge is -2.18. The van der Waals surface area contributed by atoms with Crippen molar-refractivity contribution in [2.24, 2.45) is 0 Å². The van der Waals surface area contributed by atoms with E-state index in [4.69, 9.17) is 4.42 Å². The largest absolute Gasteiger partial charge is 0.472 e. The second-order valence-electron chi connectivity index (χ2n) is 6.66. The zero-order valence-electron chi connectivity index (χ0n) is 14.6. The Morgan fingerprint density at radius 3 is 2.85 bits per heavy atom. The van der Waals surface area contributed by atoms with Crippen LogP contribution in [0.3, 0.4) is 0 Å². The number of furan rings is 1. The first-order valence-electron chi connectivity index (χ1n) is 8.67. The summed E-state index contributed by atoms with van der Waals surface area (Å²) in [6.07, 6.45) is 3.43. The number of H-pyrrole nitrogens is 1. The number of carbonyl (C=O) groups is 1. The van der Waals surface area contributed by atoms with E-state index in [0.717, 1.165) is 36.8 Å². The topological polar surface area (TPSA) is 87.1 Å². The zero-order chi connectivity index (χ0) is 17.9. The fourth-order valence-corrected chi connectivity index (χ4v) is 3.43. The molecule has 1 fully saturated rings. The van der Waals surface area contributed by atoms with Gasteiger partial charge in [-0.25, -0.2) is 4.98 Å². The van der Waals surface area contributed by atoms with Crippen LogP contribution < -0.4 is 5.32 Å². The predicted octanol–water partition coefficient (Wildman–Crippen LogP) is 2.10. The van der Waals surface area contributed by atoms with Crippen molar-refractivity contribution in [1.29, 1.82) is 0 Å². The molecule has 1 saturated heterocycles. The maximum Gasteiger partial charge on any atom is 0.251 e. The summed E-state index contributed by atoms with van der Waals surface area (Å²) in [6, 6.07) is 11.2. The Morgan fingerprint density at radius 1 is 1.31 bits per heavy atom. The van der Waals surface area contributed by atoms with E-state index < -0.39 is 0 Å². The van der Waals surface area contributed by atoms with Crippen LogP contribution in [0.4, 0.5) is 0 Å². The minimum Gasteiger partial charge on any atom is -0.472 e. The number of rotatable bonds is 5. The summed E-state index contributed by atoms with van der Waals surface area (Å²) in [5, 5.41) is 10.4. The van der Waals surface area contributed by atoms with E-state index in [9.17, 15) is 4.79 Å². The van der Waals surface area contributed by atoms with Gasteiger partial charge in [-0.15, -0.1) is 0 Å². The van der Waals surface area contributed by atoms with Crippen molar-refractivity contribution in [1.82, 2.24) is 25.4 Å². The summed E-state index contributed by atoms with van der Waals surface area (Å²) < 4.78 is 5.16. The number of aromatic amines is 1. The molecule has 1 aromatic carbocycles. The lowest BCUT2D eigenvalue weighted by atomic mass is 10.0. The third-order valence-corrected chi connectivity index (χ3v) is 4.68. The summed E-state index contributed by atoms with van der Waals surface area (Å²) >= 11 is 0. The SMILES string of the molecule is Cc1nc([C@@H]2CN(Cc3ccoc3)C[C@H]2NC(=O)c2ccccc2)n[nH]1. The summed E-state index contributed by atoms with van der Waals surface area (Å²) in [7, 11) is 0. The van der Waals surface area contributed by atoms with Gasteiger partial charge in [-0.1, -0.05) is 18.2 Å². The highest BCUT2D eigenvalue weighted by molar-refractivity contribution is 5.94. The van der Waals surface area contributed by atoms with E-state index in [0.29, 0.717) is 5.56 Å². The average molecular weight is 351 g/mol. The van der Waals surface area contributed by atoms with Crippen LogP contribution in [0.25, 0.3) is 0 Å². The smallest absolute Gasteiger partial charge is 0.251 e. The Bertz CT molecular complexity index is 859. The Kier molecular flexibility index (Phi) is 4.53. The van der Waals surface area contributed by atoms with Crippen LogP contribution in [0.5, 0.6) is 0 Å². The normalized spacial score (nSPS) is 20.3. The molecule has 0 aliphatic carbocycles. The van der Waals surface area contributed by atoms with Gasteiger partial charge in [-0.2, -0.15) is 5.10 Å². The minimum absolute atomic E-state index is 0.0412. The summed E-state index contributed by atoms with van der Waals surface area (Å²) in [5.74, 6) is 1.49. The fourth-order valence-electron chi connectivity index (χ4n) is 3.43. The lowest BCUT2D eigenvalue weighted by molar-refractivity contribution is 0.0934. The van der Waals surface area contributed by atoms with Gasteiger partial charge < -0.3 is 9.73 Å². The molecule has 1 aliphatic rings. The molecule has 1 amide bonds. The predicted molar refractivity (Wildman–Crippen MR) is 95.5 cm³/mol. The van der Waals surface area contributed by atoms with E-state index in [1.165, 1.54) is 0 Å². The molecule has 7 nitrogen and oxygen atoms in total. The number of nitrogens with zero attached hydrogens (tertiary/aromatic N) is 3. The third kappa shape index (κ3) is 3.52. The van der Waals surface area contributed by atoms with Gasteiger partial charge in [-0.05, 0) is 25.1 Å². The second kappa shape index (κ2) is 7.13. The first kappa shape index (κ1) is 16.5. The molecule has 0 radical (unpaired) electrons. The first-order chi connectivity index (χ1) is 12.7. The van der Waals surface area contributed by atoms with Gasteiger partial charge in [0.2, 0.25) is 0 Å². The molecule has 134 valence electrons. The van der Waals surface area contributed by atoms with Crippen molar-refractivity contribution in [2.45, 2.75) is 25.4 Å². The van der Waals surface area contributed by atoms with Gasteiger partial charge in [0.15, 0.2) is 5.82 Å². The monoisotopic (exact) mass is 351 g/mol. The maximum absolute atomic E-state index is 12.6. The molecule has 0 saturated carbocycles. The standard InChI is InChI=1S/C19H21N5O2/c1-13-20-18(23-22-13)16-10-24(9-14-7-8-26-12-14)11-17(16)21-19(25)15-5-3-2-4-6-15/h2-8,12,16-17H,9-11H2,1H3,(H,21,25)(H,20,22,23)/t16-,17-/m1/s1. The van der Waals surface area contributed by atoms with Gasteiger partial charge >= 0.3 is 0 Å². The third-order valence-electron chi connectivity index (χ3n) is 4.68. The van der Waals surface area contributed by atoms with Crippen LogP contribution in [0.15, 0.2) is 53.3 Å². The van der Waals surface area contributed by atoms with Crippen LogP contribution in [-0.2, 0) is 6.54 Å². The van der Waals surface area contributed by atoms with Crippen molar-refractivity contribution < 1.29 is 9.21 Å². The quantitative estimate of drug-likeness (QED) is 0.735. The van der Waals surface area contributed by atoms with Crippen LogP contribution >= 0.6 is 0 Å². The van der Waals surface area contributed by atoms with Gasteiger partial charge in [0.25, 0.3) is 5.91 Å². The lowest BCUT2D eigenvalue weighted by Crippen LogP contribution is -2.40. The molecular weight excluding hydrogens is 330 g/mol. The second-order valence-corrected chi connectivity index (χ2v) is 6.66. The van der Waals surface area contributed by atoms with Crippen molar-refractivity contribution in [2.75, 3.05) is 13.1 Å². The molecule has 26 heavy (non-hydrogen) atoms. The number of aromatic nitrogens is 3. The van der Waals surface area contributed by atoms with Crippen molar-refractivity contribution in [3.63, 3.8) is 0 Å². The first-order valence-corrected chi connectivity index (χ1v) is 8.67. The molecule has 3 heterocycles. The molecule has 3 aromatic rings. The highest BCUT2D eigenvalue weighted by Crippen LogP contribution is 2.27. The molecule has 2 aromatic heterocycles. The number of likely N-dealkylation sites (tertiary alicyclic amines) is 1. The molecule has 0 bridgehead atoms. The van der Waals surface area contributed by atoms with Gasteiger partial charge in [0.1, 0.15) is 5.82 Å². The van der Waals surface area contributed by atoms with Crippen molar-refractivity contribution in [3.05, 3.63) is 71.7 Å². The van der Waals surface area contributed by atoms with E-state index in [-0.39, 0.29) is 17.9 Å². The maximum atomic E-state index is 12.6. The molecule has 0 unspecified atom stereocenters. The Hall–Kier alpha value is -2.93. The number of aryl methyl sites for hydroxylation is 1. The summed E-state index contributed by atoms with van der Waals surface area (Å²) in [5.41, 5.74) is 1.77. The molecule has 2 N–H and O–H groups in total. The minimum atomic E-state index is -0.0713. The Balaban J connectivity index is 1.52. The molecule has 2 atom stereocenters. The van der Waals surface area contributed by atoms with Crippen molar-refractivity contribution >= 4 is 5.91 Å². The molecule has 7 heteroatoms. The van der Waals surface area contributed by atoms with E-state index in [1.807, 2.05) is 43.3 Å². The number of nitrogens with one attached hydrogen (secondary N) is 2. The molecule has 1 aliphatic heterocycles. The number of benzene rings is 1. The molecule has 4 rings (SSSR count). The average Bonchev–Trinajstić information content (AvgIpc) is 3.38. The number of carbonyl (C=O) groups excluding carboxylic acids is 1. The molecular formula is C19H21N5O2. The fraction of sp³-hybridized carbons (Fsp3) is 0.316. The summed E-state index contributed by atoms with van der Waals surface area (Å²) in [4.78, 5) is 19.4. The number of hydrogen-bond donors (Lipinski definition) is 2. The summed E-state index contributed by atoms with van der Waals surface area (Å²) in [6.45, 7) is 4.17. The van der Waals surface area contributed by atoms with E-state index in [2.05, 4.69) is 25.4 Å². The van der Waals surface area contributed by atoms with Crippen LogP contribution in [0.2, 0.25) is 0 Å². The van der Waals surface area contributed by atoms with Gasteiger partial charge in [0.05, 0.1) is 24.5 Å². The van der Waals surface area contributed by atoms with Crippen LogP contribution in [-0.4, -0.2) is 45.1 Å². The zero-order valence-corrected chi connectivity index (χ0v) is 14.6. The van der Waals surface area contributed by atoms with Crippen LogP contribution in [0.1, 0.15) is 33.5 Å². The highest BCUT2D eigenvalue weighted by Gasteiger charge is 2.37. The highest BCUT2D eigenvalue weighted by atomic mass is 16.3.